The van der Waals surface area contributed by atoms with E-state index in [-0.39, 0.29) is 0 Å². The fraction of sp³-hybridized carbons (Fsp3) is 0. The number of furan rings is 2. The highest BCUT2D eigenvalue weighted by Gasteiger charge is 2.25. The molecule has 0 radical (unpaired) electrons. The van der Waals surface area contributed by atoms with Crippen LogP contribution in [0.1, 0.15) is 0 Å². The van der Waals surface area contributed by atoms with Gasteiger partial charge in [-0.05, 0) is 63.4 Å². The fourth-order valence-electron chi connectivity index (χ4n) is 7.57. The van der Waals surface area contributed by atoms with Crippen LogP contribution in [0.25, 0.3) is 111 Å². The molecule has 6 nitrogen and oxygen atoms in total. The highest BCUT2D eigenvalue weighted by Crippen LogP contribution is 2.49. The van der Waals surface area contributed by atoms with Crippen molar-refractivity contribution in [3.63, 3.8) is 0 Å². The van der Waals surface area contributed by atoms with Gasteiger partial charge in [0.25, 0.3) is 0 Å². The van der Waals surface area contributed by atoms with Gasteiger partial charge in [0.15, 0.2) is 23.1 Å². The molecule has 0 saturated heterocycles. The summed E-state index contributed by atoms with van der Waals surface area (Å²) in [7, 11) is 0. The third-order valence-corrected chi connectivity index (χ3v) is 9.61. The fourth-order valence-corrected chi connectivity index (χ4v) is 7.57. The molecule has 1 aliphatic rings. The lowest BCUT2D eigenvalue weighted by molar-refractivity contribution is 0.667. The van der Waals surface area contributed by atoms with E-state index in [1.165, 1.54) is 27.6 Å². The average Bonchev–Trinajstić information content (AvgIpc) is 3.82. The molecule has 48 heavy (non-hydrogen) atoms. The summed E-state index contributed by atoms with van der Waals surface area (Å²) in [4.78, 5) is 20.0. The van der Waals surface area contributed by atoms with E-state index in [9.17, 15) is 0 Å². The van der Waals surface area contributed by atoms with E-state index in [1.807, 2.05) is 48.5 Å². The van der Waals surface area contributed by atoms with Crippen LogP contribution in [0.15, 0.2) is 143 Å². The second-order valence-corrected chi connectivity index (χ2v) is 12.2. The minimum atomic E-state index is 0.566. The highest BCUT2D eigenvalue weighted by molar-refractivity contribution is 6.19. The average molecular weight is 615 g/mol. The van der Waals surface area contributed by atoms with Gasteiger partial charge in [-0.1, -0.05) is 91.0 Å². The first-order valence-corrected chi connectivity index (χ1v) is 15.9. The van der Waals surface area contributed by atoms with E-state index >= 15 is 0 Å². The van der Waals surface area contributed by atoms with Gasteiger partial charge in [0.05, 0.1) is 6.20 Å². The summed E-state index contributed by atoms with van der Waals surface area (Å²) in [5.41, 5.74) is 10.7. The largest absolute Gasteiger partial charge is 0.456 e. The second-order valence-electron chi connectivity index (χ2n) is 12.2. The highest BCUT2D eigenvalue weighted by atomic mass is 16.3. The van der Waals surface area contributed by atoms with E-state index in [4.69, 9.17) is 23.8 Å². The van der Waals surface area contributed by atoms with Gasteiger partial charge in [-0.25, -0.2) is 15.0 Å². The molecule has 0 fully saturated rings. The molecule has 0 bridgehead atoms. The lowest BCUT2D eigenvalue weighted by Gasteiger charge is -2.12. The number of benzene rings is 6. The zero-order valence-electron chi connectivity index (χ0n) is 25.3. The molecule has 0 spiro atoms. The molecule has 11 rings (SSSR count). The lowest BCUT2D eigenvalue weighted by atomic mass is 9.98. The number of pyridine rings is 1. The number of hydrogen-bond acceptors (Lipinski definition) is 6. The molecule has 0 atom stereocenters. The quantitative estimate of drug-likeness (QED) is 0.197. The van der Waals surface area contributed by atoms with Gasteiger partial charge in [-0.2, -0.15) is 0 Å². The van der Waals surface area contributed by atoms with Gasteiger partial charge in [0.1, 0.15) is 16.7 Å². The number of nitrogens with zero attached hydrogens (tertiary/aromatic N) is 4. The minimum absolute atomic E-state index is 0.566. The van der Waals surface area contributed by atoms with Crippen LogP contribution < -0.4 is 0 Å². The zero-order valence-corrected chi connectivity index (χ0v) is 25.3. The van der Waals surface area contributed by atoms with Gasteiger partial charge >= 0.3 is 0 Å². The maximum atomic E-state index is 6.27. The predicted molar refractivity (Wildman–Crippen MR) is 190 cm³/mol. The minimum Gasteiger partial charge on any atom is -0.456 e. The maximum absolute atomic E-state index is 6.27. The van der Waals surface area contributed by atoms with Crippen molar-refractivity contribution < 1.29 is 8.83 Å². The topological polar surface area (TPSA) is 77.8 Å². The molecule has 4 heterocycles. The molecule has 0 unspecified atom stereocenters. The Labute approximate surface area is 273 Å². The van der Waals surface area contributed by atoms with Gasteiger partial charge in [0.2, 0.25) is 0 Å². The number of rotatable bonds is 3. The first kappa shape index (κ1) is 25.5. The van der Waals surface area contributed by atoms with Crippen molar-refractivity contribution >= 4 is 54.6 Å². The first-order chi connectivity index (χ1) is 23.8. The van der Waals surface area contributed by atoms with E-state index in [0.29, 0.717) is 17.5 Å². The molecular formula is C42H22N4O2. The van der Waals surface area contributed by atoms with E-state index in [0.717, 1.165) is 66.0 Å². The third kappa shape index (κ3) is 3.46. The molecule has 6 heteroatoms. The molecule has 0 amide bonds. The van der Waals surface area contributed by atoms with Crippen LogP contribution in [-0.2, 0) is 0 Å². The normalized spacial score (nSPS) is 12.2. The molecule has 222 valence electrons. The van der Waals surface area contributed by atoms with E-state index in [2.05, 4.69) is 77.8 Å². The van der Waals surface area contributed by atoms with Gasteiger partial charge < -0.3 is 8.83 Å². The number of para-hydroxylation sites is 1. The molecule has 0 aliphatic heterocycles. The Bertz CT molecular complexity index is 2810. The molecule has 0 saturated carbocycles. The van der Waals surface area contributed by atoms with Crippen molar-refractivity contribution in [2.24, 2.45) is 0 Å². The van der Waals surface area contributed by atoms with Gasteiger partial charge in [-0.15, -0.1) is 0 Å². The Morgan fingerprint density at radius 2 is 0.833 bits per heavy atom. The number of aromatic nitrogens is 4. The molecule has 6 aromatic carbocycles. The monoisotopic (exact) mass is 614 g/mol. The summed E-state index contributed by atoms with van der Waals surface area (Å²) < 4.78 is 12.5. The zero-order chi connectivity index (χ0) is 31.3. The summed E-state index contributed by atoms with van der Waals surface area (Å²) in [5, 5.41) is 6.23. The second kappa shape index (κ2) is 9.44. The van der Waals surface area contributed by atoms with Crippen molar-refractivity contribution in [1.29, 1.82) is 0 Å². The summed E-state index contributed by atoms with van der Waals surface area (Å²) >= 11 is 0. The number of fused-ring (bicyclic) bond motifs is 9. The summed E-state index contributed by atoms with van der Waals surface area (Å²) in [6, 6.07) is 41.6. The lowest BCUT2D eigenvalue weighted by Crippen LogP contribution is -2.01. The van der Waals surface area contributed by atoms with Crippen molar-refractivity contribution in [2.45, 2.75) is 0 Å². The van der Waals surface area contributed by atoms with E-state index in [1.54, 1.807) is 12.4 Å². The van der Waals surface area contributed by atoms with Crippen molar-refractivity contribution in [3.8, 4) is 56.4 Å². The van der Waals surface area contributed by atoms with Crippen LogP contribution in [0.3, 0.4) is 0 Å². The SMILES string of the molecule is c1ccc2c(c1)-c1cccc3c(-c4nc(-c5cccc6oc7ccccc7c56)nc(-c5cccc6oc7cnccc7c56)n4)ccc-2c13. The predicted octanol–water partition coefficient (Wildman–Crippen LogP) is 10.9. The van der Waals surface area contributed by atoms with Crippen LogP contribution in [0.4, 0.5) is 0 Å². The van der Waals surface area contributed by atoms with Crippen molar-refractivity contribution in [3.05, 3.63) is 134 Å². The molecule has 1 aliphatic carbocycles. The Kier molecular flexibility index (Phi) is 5.02. The van der Waals surface area contributed by atoms with Gasteiger partial charge in [-0.3, -0.25) is 4.98 Å². The molecular weight excluding hydrogens is 592 g/mol. The van der Waals surface area contributed by atoms with Crippen LogP contribution in [-0.4, -0.2) is 19.9 Å². The van der Waals surface area contributed by atoms with Gasteiger partial charge in [0, 0.05) is 44.4 Å². The van der Waals surface area contributed by atoms with Crippen molar-refractivity contribution in [1.82, 2.24) is 19.9 Å². The van der Waals surface area contributed by atoms with Crippen molar-refractivity contribution in [2.75, 3.05) is 0 Å². The molecule has 4 aromatic heterocycles. The standard InChI is InChI=1S/C42H22N4O2/c1-2-9-24-23(8-1)25-11-5-12-26-28(19-18-27(24)37(25)26)40-44-41(31-13-6-16-34-38(31)29-10-3-4-15-33(29)47-34)46-42(45-40)32-14-7-17-35-39(32)30-20-21-43-22-36(30)48-35/h1-22H. The molecule has 0 N–H and O–H groups in total. The van der Waals surface area contributed by atoms with Crippen LogP contribution in [0.5, 0.6) is 0 Å². The third-order valence-electron chi connectivity index (χ3n) is 9.61. The molecule has 10 aromatic rings. The van der Waals surface area contributed by atoms with Crippen LogP contribution in [0.2, 0.25) is 0 Å². The van der Waals surface area contributed by atoms with Crippen LogP contribution in [0, 0.1) is 0 Å². The Morgan fingerprint density at radius 3 is 1.58 bits per heavy atom. The summed E-state index contributed by atoms with van der Waals surface area (Å²) in [6.07, 6.45) is 3.53. The smallest absolute Gasteiger partial charge is 0.164 e. The van der Waals surface area contributed by atoms with Crippen LogP contribution >= 0.6 is 0 Å². The Hall–Kier alpha value is -6.66. The number of hydrogen-bond donors (Lipinski definition) is 0. The maximum Gasteiger partial charge on any atom is 0.164 e. The summed E-state index contributed by atoms with van der Waals surface area (Å²) in [5.74, 6) is 1.74. The van der Waals surface area contributed by atoms with E-state index < -0.39 is 0 Å². The Morgan fingerprint density at radius 1 is 0.333 bits per heavy atom. The Balaban J connectivity index is 1.24. The summed E-state index contributed by atoms with van der Waals surface area (Å²) in [6.45, 7) is 0. The first-order valence-electron chi connectivity index (χ1n) is 15.9.